The molecule has 1 saturated heterocycles. The van der Waals surface area contributed by atoms with Gasteiger partial charge in [-0.15, -0.1) is 0 Å². The molecule has 1 rings (SSSR count). The van der Waals surface area contributed by atoms with E-state index in [1.54, 1.807) is 0 Å². The Morgan fingerprint density at radius 1 is 1.58 bits per heavy atom. The van der Waals surface area contributed by atoms with Gasteiger partial charge in [0.05, 0.1) is 6.61 Å². The van der Waals surface area contributed by atoms with Gasteiger partial charge in [0.25, 0.3) is 0 Å². The lowest BCUT2D eigenvalue weighted by molar-refractivity contribution is 0.0157. The zero-order chi connectivity index (χ0) is 9.19. The van der Waals surface area contributed by atoms with Gasteiger partial charge in [0.2, 0.25) is 0 Å². The molecule has 1 aliphatic rings. The van der Waals surface area contributed by atoms with Crippen LogP contribution in [0.25, 0.3) is 0 Å². The number of likely N-dealkylation sites (N-methyl/N-ethyl adjacent to an activating group) is 1. The summed E-state index contributed by atoms with van der Waals surface area (Å²) in [5.74, 6) is 0. The largest absolute Gasteiger partial charge is 0.360 e. The molecule has 1 aliphatic heterocycles. The molecule has 0 aromatic carbocycles. The third-order valence-corrected chi connectivity index (χ3v) is 3.28. The fourth-order valence-corrected chi connectivity index (χ4v) is 2.04. The Morgan fingerprint density at radius 2 is 2.25 bits per heavy atom. The van der Waals surface area contributed by atoms with E-state index in [1.807, 2.05) is 6.92 Å². The van der Waals surface area contributed by atoms with Gasteiger partial charge >= 0.3 is 0 Å². The maximum atomic E-state index is 11.1. The second-order valence-electron chi connectivity index (χ2n) is 3.02. The van der Waals surface area contributed by atoms with Crippen LogP contribution < -0.4 is 0 Å². The van der Waals surface area contributed by atoms with Crippen molar-refractivity contribution in [2.45, 2.75) is 12.4 Å². The summed E-state index contributed by atoms with van der Waals surface area (Å²) in [4.78, 5) is 2.08. The standard InChI is InChI=1S/C7H15NO3S/c1-3-8-4-5-11-7(6-8)12(2,9)10/h7H,3-6H2,1-2H3. The van der Waals surface area contributed by atoms with E-state index in [4.69, 9.17) is 4.74 Å². The molecule has 0 bridgehead atoms. The van der Waals surface area contributed by atoms with Crippen LogP contribution in [0.5, 0.6) is 0 Å². The lowest BCUT2D eigenvalue weighted by Crippen LogP contribution is -2.45. The third-order valence-electron chi connectivity index (χ3n) is 2.04. The van der Waals surface area contributed by atoms with Gasteiger partial charge in [0.1, 0.15) is 0 Å². The summed E-state index contributed by atoms with van der Waals surface area (Å²) in [5, 5.41) is 0. The first-order chi connectivity index (χ1) is 5.54. The summed E-state index contributed by atoms with van der Waals surface area (Å²) in [5.41, 5.74) is -0.619. The Kier molecular flexibility index (Phi) is 3.09. The van der Waals surface area contributed by atoms with Gasteiger partial charge in [-0.1, -0.05) is 6.92 Å². The minimum atomic E-state index is -3.03. The third kappa shape index (κ3) is 2.43. The fourth-order valence-electron chi connectivity index (χ4n) is 1.21. The molecular weight excluding hydrogens is 178 g/mol. The van der Waals surface area contributed by atoms with E-state index < -0.39 is 15.3 Å². The van der Waals surface area contributed by atoms with Crippen molar-refractivity contribution in [3.8, 4) is 0 Å². The minimum Gasteiger partial charge on any atom is -0.360 e. The highest BCUT2D eigenvalue weighted by molar-refractivity contribution is 7.91. The van der Waals surface area contributed by atoms with Crippen molar-refractivity contribution in [1.29, 1.82) is 0 Å². The topological polar surface area (TPSA) is 46.6 Å². The Labute approximate surface area is 73.4 Å². The first-order valence-electron chi connectivity index (χ1n) is 4.07. The summed E-state index contributed by atoms with van der Waals surface area (Å²) < 4.78 is 27.3. The molecule has 72 valence electrons. The monoisotopic (exact) mass is 193 g/mol. The Balaban J connectivity index is 2.58. The number of nitrogens with zero attached hydrogens (tertiary/aromatic N) is 1. The lowest BCUT2D eigenvalue weighted by atomic mass is 10.4. The van der Waals surface area contributed by atoms with E-state index in [-0.39, 0.29) is 0 Å². The van der Waals surface area contributed by atoms with Crippen molar-refractivity contribution in [3.63, 3.8) is 0 Å². The normalized spacial score (nSPS) is 27.3. The number of hydrogen-bond donors (Lipinski definition) is 0. The molecular formula is C7H15NO3S. The minimum absolute atomic E-state index is 0.509. The van der Waals surface area contributed by atoms with Gasteiger partial charge in [-0.25, -0.2) is 8.42 Å². The summed E-state index contributed by atoms with van der Waals surface area (Å²) in [6.07, 6.45) is 1.22. The van der Waals surface area contributed by atoms with Crippen molar-refractivity contribution in [2.75, 3.05) is 32.5 Å². The molecule has 0 aliphatic carbocycles. The summed E-state index contributed by atoms with van der Waals surface area (Å²) >= 11 is 0. The van der Waals surface area contributed by atoms with Gasteiger partial charge in [0.15, 0.2) is 15.3 Å². The van der Waals surface area contributed by atoms with E-state index in [2.05, 4.69) is 4.90 Å². The van der Waals surface area contributed by atoms with Crippen LogP contribution in [0.3, 0.4) is 0 Å². The van der Waals surface area contributed by atoms with Crippen LogP contribution >= 0.6 is 0 Å². The quantitative estimate of drug-likeness (QED) is 0.604. The van der Waals surface area contributed by atoms with Crippen LogP contribution in [0, 0.1) is 0 Å². The maximum Gasteiger partial charge on any atom is 0.175 e. The number of ether oxygens (including phenoxy) is 1. The molecule has 1 heterocycles. The van der Waals surface area contributed by atoms with E-state index in [1.165, 1.54) is 6.26 Å². The number of rotatable bonds is 2. The van der Waals surface area contributed by atoms with Crippen molar-refractivity contribution in [1.82, 2.24) is 4.90 Å². The predicted molar refractivity (Wildman–Crippen MR) is 46.7 cm³/mol. The average molecular weight is 193 g/mol. The summed E-state index contributed by atoms with van der Waals surface area (Å²) in [6.45, 7) is 4.77. The van der Waals surface area contributed by atoms with E-state index in [9.17, 15) is 8.42 Å². The molecule has 1 atom stereocenters. The second-order valence-corrected chi connectivity index (χ2v) is 5.21. The highest BCUT2D eigenvalue weighted by Gasteiger charge is 2.27. The molecule has 0 aromatic heterocycles. The van der Waals surface area contributed by atoms with Crippen LogP contribution in [-0.4, -0.2) is 51.3 Å². The SMILES string of the molecule is CCN1CCOC(S(C)(=O)=O)C1. The van der Waals surface area contributed by atoms with Crippen molar-refractivity contribution in [3.05, 3.63) is 0 Å². The molecule has 0 N–H and O–H groups in total. The van der Waals surface area contributed by atoms with Gasteiger partial charge in [-0.05, 0) is 6.54 Å². The molecule has 12 heavy (non-hydrogen) atoms. The first-order valence-corrected chi connectivity index (χ1v) is 6.02. The molecule has 5 heteroatoms. The van der Waals surface area contributed by atoms with Gasteiger partial charge in [-0.2, -0.15) is 0 Å². The van der Waals surface area contributed by atoms with E-state index in [0.717, 1.165) is 13.1 Å². The second kappa shape index (κ2) is 3.72. The molecule has 0 spiro atoms. The fraction of sp³-hybridized carbons (Fsp3) is 1.00. The summed E-state index contributed by atoms with van der Waals surface area (Å²) in [7, 11) is -3.03. The zero-order valence-electron chi connectivity index (χ0n) is 7.49. The van der Waals surface area contributed by atoms with E-state index >= 15 is 0 Å². The molecule has 1 unspecified atom stereocenters. The molecule has 4 nitrogen and oxygen atoms in total. The molecule has 0 radical (unpaired) electrons. The highest BCUT2D eigenvalue weighted by Crippen LogP contribution is 2.09. The Hall–Kier alpha value is -0.130. The smallest absolute Gasteiger partial charge is 0.175 e. The number of hydrogen-bond acceptors (Lipinski definition) is 4. The van der Waals surface area contributed by atoms with Crippen LogP contribution in [-0.2, 0) is 14.6 Å². The van der Waals surface area contributed by atoms with Crippen LogP contribution in [0.4, 0.5) is 0 Å². The molecule has 1 fully saturated rings. The lowest BCUT2D eigenvalue weighted by Gasteiger charge is -2.30. The predicted octanol–water partition coefficient (Wildman–Crippen LogP) is -0.291. The maximum absolute atomic E-state index is 11.1. The van der Waals surface area contributed by atoms with Gasteiger partial charge < -0.3 is 4.74 Å². The van der Waals surface area contributed by atoms with Gasteiger partial charge in [-0.3, -0.25) is 4.90 Å². The highest BCUT2D eigenvalue weighted by atomic mass is 32.2. The number of sulfone groups is 1. The first kappa shape index (κ1) is 9.95. The molecule has 0 aromatic rings. The van der Waals surface area contributed by atoms with Crippen molar-refractivity contribution >= 4 is 9.84 Å². The number of morpholine rings is 1. The van der Waals surface area contributed by atoms with Crippen molar-refractivity contribution < 1.29 is 13.2 Å². The van der Waals surface area contributed by atoms with E-state index in [0.29, 0.717) is 13.2 Å². The van der Waals surface area contributed by atoms with Gasteiger partial charge in [0, 0.05) is 19.3 Å². The average Bonchev–Trinajstić information content (AvgIpc) is 2.03. The zero-order valence-corrected chi connectivity index (χ0v) is 8.30. The van der Waals surface area contributed by atoms with Crippen LogP contribution in [0.1, 0.15) is 6.92 Å². The summed E-state index contributed by atoms with van der Waals surface area (Å²) in [6, 6.07) is 0. The van der Waals surface area contributed by atoms with Crippen LogP contribution in [0.15, 0.2) is 0 Å². The Bertz CT molecular complexity index is 237. The van der Waals surface area contributed by atoms with Crippen molar-refractivity contribution in [2.24, 2.45) is 0 Å². The Morgan fingerprint density at radius 3 is 2.75 bits per heavy atom. The van der Waals surface area contributed by atoms with Crippen LogP contribution in [0.2, 0.25) is 0 Å². The molecule has 0 saturated carbocycles. The molecule has 0 amide bonds.